The van der Waals surface area contributed by atoms with E-state index >= 15 is 0 Å². The van der Waals surface area contributed by atoms with Gasteiger partial charge in [-0.15, -0.1) is 0 Å². The van der Waals surface area contributed by atoms with Gasteiger partial charge in [0, 0.05) is 24.5 Å². The Morgan fingerprint density at radius 2 is 2.00 bits per heavy atom. The molecule has 0 saturated carbocycles. The second kappa shape index (κ2) is 6.65. The number of nitrogens with two attached hydrogens (primary N) is 2. The van der Waals surface area contributed by atoms with Crippen LogP contribution in [0.5, 0.6) is 0 Å². The van der Waals surface area contributed by atoms with Crippen molar-refractivity contribution in [2.45, 2.75) is 19.4 Å². The lowest BCUT2D eigenvalue weighted by atomic mass is 10.0. The summed E-state index contributed by atoms with van der Waals surface area (Å²) in [6.45, 7) is 0.981. The van der Waals surface area contributed by atoms with Crippen LogP contribution in [0.4, 0.5) is 10.5 Å². The first-order valence-corrected chi connectivity index (χ1v) is 6.64. The highest BCUT2D eigenvalue weighted by Gasteiger charge is 2.05. The van der Waals surface area contributed by atoms with E-state index in [-0.39, 0.29) is 6.03 Å². The summed E-state index contributed by atoms with van der Waals surface area (Å²) in [5, 5.41) is 5.62. The molecule has 1 aromatic carbocycles. The summed E-state index contributed by atoms with van der Waals surface area (Å²) in [7, 11) is 0. The second-order valence-corrected chi connectivity index (χ2v) is 4.83. The van der Waals surface area contributed by atoms with Crippen LogP contribution in [0.2, 0.25) is 0 Å². The summed E-state index contributed by atoms with van der Waals surface area (Å²) in [5.74, 6) is 0. The Hall–Kier alpha value is -2.43. The van der Waals surface area contributed by atoms with Crippen LogP contribution in [-0.2, 0) is 6.54 Å². The molecule has 0 atom stereocenters. The number of allylic oxidation sites excluding steroid dienone is 2. The topological polar surface area (TPSA) is 93.2 Å². The first kappa shape index (κ1) is 14.0. The Labute approximate surface area is 118 Å². The van der Waals surface area contributed by atoms with Crippen LogP contribution in [0.1, 0.15) is 18.4 Å². The summed E-state index contributed by atoms with van der Waals surface area (Å²) < 4.78 is 0. The average molecular weight is 272 g/mol. The van der Waals surface area contributed by atoms with Crippen LogP contribution in [0.25, 0.3) is 0 Å². The van der Waals surface area contributed by atoms with Crippen molar-refractivity contribution in [1.82, 2.24) is 10.6 Å². The van der Waals surface area contributed by atoms with Crippen molar-refractivity contribution in [3.63, 3.8) is 0 Å². The van der Waals surface area contributed by atoms with E-state index in [0.29, 0.717) is 18.8 Å². The van der Waals surface area contributed by atoms with Crippen LogP contribution in [0.15, 0.2) is 47.7 Å². The van der Waals surface area contributed by atoms with Crippen LogP contribution >= 0.6 is 0 Å². The summed E-state index contributed by atoms with van der Waals surface area (Å²) in [4.78, 5) is 11.7. The molecule has 2 rings (SSSR count). The largest absolute Gasteiger partial charge is 0.399 e. The fourth-order valence-corrected chi connectivity index (χ4v) is 2.07. The van der Waals surface area contributed by atoms with Gasteiger partial charge in [-0.2, -0.15) is 0 Å². The van der Waals surface area contributed by atoms with Gasteiger partial charge in [-0.1, -0.05) is 18.2 Å². The van der Waals surface area contributed by atoms with Gasteiger partial charge < -0.3 is 22.1 Å². The van der Waals surface area contributed by atoms with E-state index in [2.05, 4.69) is 10.6 Å². The molecule has 5 heteroatoms. The lowest BCUT2D eigenvalue weighted by molar-refractivity contribution is 0.241. The minimum Gasteiger partial charge on any atom is -0.399 e. The Morgan fingerprint density at radius 3 is 2.75 bits per heavy atom. The minimum absolute atomic E-state index is 0.193. The van der Waals surface area contributed by atoms with Crippen molar-refractivity contribution in [1.29, 1.82) is 0 Å². The van der Waals surface area contributed by atoms with Crippen molar-refractivity contribution >= 4 is 11.7 Å². The van der Waals surface area contributed by atoms with Gasteiger partial charge in [0.25, 0.3) is 0 Å². The SMILES string of the molecule is NC1=CCCC(CNC(=O)NCc2cccc(N)c2)=C1. The Balaban J connectivity index is 1.74. The predicted molar refractivity (Wildman–Crippen MR) is 80.7 cm³/mol. The van der Waals surface area contributed by atoms with Crippen LogP contribution < -0.4 is 22.1 Å². The van der Waals surface area contributed by atoms with Crippen molar-refractivity contribution in [2.24, 2.45) is 5.73 Å². The van der Waals surface area contributed by atoms with Crippen molar-refractivity contribution in [3.8, 4) is 0 Å². The molecule has 0 spiro atoms. The quantitative estimate of drug-likeness (QED) is 0.628. The van der Waals surface area contributed by atoms with E-state index in [1.165, 1.54) is 0 Å². The van der Waals surface area contributed by atoms with Gasteiger partial charge in [-0.25, -0.2) is 4.79 Å². The van der Waals surface area contributed by atoms with Crippen molar-refractivity contribution in [3.05, 3.63) is 53.3 Å². The molecule has 0 heterocycles. The van der Waals surface area contributed by atoms with Gasteiger partial charge in [-0.3, -0.25) is 0 Å². The Morgan fingerprint density at radius 1 is 1.20 bits per heavy atom. The summed E-state index contributed by atoms with van der Waals surface area (Å²) in [5.41, 5.74) is 15.0. The highest BCUT2D eigenvalue weighted by atomic mass is 16.2. The zero-order chi connectivity index (χ0) is 14.4. The normalized spacial score (nSPS) is 14.2. The van der Waals surface area contributed by atoms with Crippen molar-refractivity contribution < 1.29 is 4.79 Å². The molecule has 0 radical (unpaired) electrons. The maximum Gasteiger partial charge on any atom is 0.315 e. The van der Waals surface area contributed by atoms with E-state index in [1.54, 1.807) is 0 Å². The smallest absolute Gasteiger partial charge is 0.315 e. The van der Waals surface area contributed by atoms with Gasteiger partial charge >= 0.3 is 6.03 Å². The Kier molecular flexibility index (Phi) is 4.65. The maximum absolute atomic E-state index is 11.7. The van der Waals surface area contributed by atoms with Gasteiger partial charge in [0.1, 0.15) is 0 Å². The third kappa shape index (κ3) is 4.35. The molecule has 0 bridgehead atoms. The van der Waals surface area contributed by atoms with Gasteiger partial charge in [0.2, 0.25) is 0 Å². The molecule has 0 saturated heterocycles. The maximum atomic E-state index is 11.7. The number of benzene rings is 1. The lowest BCUT2D eigenvalue weighted by Gasteiger charge is -2.13. The van der Waals surface area contributed by atoms with E-state index < -0.39 is 0 Å². The molecule has 0 aliphatic heterocycles. The number of nitrogens with one attached hydrogen (secondary N) is 2. The molecule has 106 valence electrons. The number of hydrogen-bond donors (Lipinski definition) is 4. The third-order valence-electron chi connectivity index (χ3n) is 3.10. The first-order chi connectivity index (χ1) is 9.63. The molecule has 0 aromatic heterocycles. The minimum atomic E-state index is -0.193. The molecule has 2 amide bonds. The number of anilines is 1. The predicted octanol–water partition coefficient (Wildman–Crippen LogP) is 1.63. The fraction of sp³-hybridized carbons (Fsp3) is 0.267. The van der Waals surface area contributed by atoms with Crippen LogP contribution in [-0.4, -0.2) is 12.6 Å². The average Bonchev–Trinajstić information content (AvgIpc) is 2.43. The zero-order valence-corrected chi connectivity index (χ0v) is 11.4. The molecular formula is C15H20N4O. The molecule has 1 aliphatic rings. The first-order valence-electron chi connectivity index (χ1n) is 6.64. The van der Waals surface area contributed by atoms with Gasteiger partial charge in [-0.05, 0) is 42.2 Å². The monoisotopic (exact) mass is 272 g/mol. The number of rotatable bonds is 4. The van der Waals surface area contributed by atoms with E-state index in [0.717, 1.165) is 29.7 Å². The second-order valence-electron chi connectivity index (χ2n) is 4.83. The standard InChI is InChI=1S/C15H20N4O/c16-13-5-1-3-11(7-13)9-18-15(20)19-10-12-4-2-6-14(17)8-12/h1,3,5-8H,2,4,9-10,16-17H2,(H2,18,19,20). The molecule has 20 heavy (non-hydrogen) atoms. The summed E-state index contributed by atoms with van der Waals surface area (Å²) in [6, 6.07) is 7.26. The molecule has 1 aliphatic carbocycles. The van der Waals surface area contributed by atoms with E-state index in [9.17, 15) is 4.79 Å². The van der Waals surface area contributed by atoms with Crippen molar-refractivity contribution in [2.75, 3.05) is 12.3 Å². The van der Waals surface area contributed by atoms with E-state index in [4.69, 9.17) is 11.5 Å². The molecule has 6 N–H and O–H groups in total. The number of urea groups is 1. The fourth-order valence-electron chi connectivity index (χ4n) is 2.07. The summed E-state index contributed by atoms with van der Waals surface area (Å²) >= 11 is 0. The number of amides is 2. The highest BCUT2D eigenvalue weighted by molar-refractivity contribution is 5.74. The number of hydrogen-bond acceptors (Lipinski definition) is 3. The number of nitrogen functional groups attached to an aromatic ring is 1. The Bertz CT molecular complexity index is 549. The number of carbonyl (C=O) groups is 1. The van der Waals surface area contributed by atoms with Crippen LogP contribution in [0.3, 0.4) is 0 Å². The van der Waals surface area contributed by atoms with Crippen LogP contribution in [0, 0.1) is 0 Å². The molecular weight excluding hydrogens is 252 g/mol. The molecule has 0 unspecified atom stereocenters. The van der Waals surface area contributed by atoms with E-state index in [1.807, 2.05) is 36.4 Å². The van der Waals surface area contributed by atoms with Gasteiger partial charge in [0.15, 0.2) is 0 Å². The highest BCUT2D eigenvalue weighted by Crippen LogP contribution is 2.13. The molecule has 5 nitrogen and oxygen atoms in total. The lowest BCUT2D eigenvalue weighted by Crippen LogP contribution is -2.36. The summed E-state index contributed by atoms with van der Waals surface area (Å²) in [6.07, 6.45) is 5.78. The number of carbonyl (C=O) groups excluding carboxylic acids is 1. The molecule has 1 aromatic rings. The molecule has 0 fully saturated rings. The zero-order valence-electron chi connectivity index (χ0n) is 11.4. The van der Waals surface area contributed by atoms with Gasteiger partial charge in [0.05, 0.1) is 0 Å². The third-order valence-corrected chi connectivity index (χ3v) is 3.10.